The van der Waals surface area contributed by atoms with Crippen molar-refractivity contribution in [2.75, 3.05) is 20.6 Å². The summed E-state index contributed by atoms with van der Waals surface area (Å²) in [4.78, 5) is 14.6. The van der Waals surface area contributed by atoms with Gasteiger partial charge in [-0.25, -0.2) is 0 Å². The van der Waals surface area contributed by atoms with E-state index in [0.29, 0.717) is 0 Å². The summed E-state index contributed by atoms with van der Waals surface area (Å²) >= 11 is 0. The molecule has 3 fully saturated rings. The van der Waals surface area contributed by atoms with Gasteiger partial charge in [-0.15, -0.1) is 0 Å². The van der Waals surface area contributed by atoms with Crippen LogP contribution in [0.2, 0.25) is 0 Å². The van der Waals surface area contributed by atoms with Crippen LogP contribution < -0.4 is 0 Å². The molecule has 0 bridgehead atoms. The first kappa shape index (κ1) is 14.7. The second-order valence-electron chi connectivity index (χ2n) is 8.44. The van der Waals surface area contributed by atoms with Crippen molar-refractivity contribution in [3.05, 3.63) is 11.1 Å². The number of ether oxygens (including phenoxy) is 1. The number of aliphatic hydroxyl groups is 1. The van der Waals surface area contributed by atoms with Crippen LogP contribution in [0.25, 0.3) is 0 Å². The van der Waals surface area contributed by atoms with Gasteiger partial charge in [0, 0.05) is 18.9 Å². The Balaban J connectivity index is 1.80. The second-order valence-corrected chi connectivity index (χ2v) is 8.44. The molecule has 4 aliphatic rings. The maximum Gasteiger partial charge on any atom is 0.311 e. The minimum Gasteiger partial charge on any atom is -0.457 e. The lowest BCUT2D eigenvalue weighted by molar-refractivity contribution is -0.149. The largest absolute Gasteiger partial charge is 0.457 e. The number of carbonyl (C=O) groups is 1. The van der Waals surface area contributed by atoms with Crippen molar-refractivity contribution < 1.29 is 14.6 Å². The molecule has 1 N–H and O–H groups in total. The Morgan fingerprint density at radius 3 is 2.77 bits per heavy atom. The van der Waals surface area contributed by atoms with Crippen molar-refractivity contribution >= 4 is 5.97 Å². The lowest BCUT2D eigenvalue weighted by atomic mass is 9.77. The zero-order valence-electron chi connectivity index (χ0n) is 14.1. The van der Waals surface area contributed by atoms with Gasteiger partial charge < -0.3 is 14.7 Å². The van der Waals surface area contributed by atoms with E-state index in [2.05, 4.69) is 11.8 Å². The molecule has 4 nitrogen and oxygen atoms in total. The van der Waals surface area contributed by atoms with E-state index in [-0.39, 0.29) is 23.2 Å². The van der Waals surface area contributed by atoms with Crippen LogP contribution in [0.3, 0.4) is 0 Å². The molecule has 0 unspecified atom stereocenters. The molecule has 2 spiro atoms. The van der Waals surface area contributed by atoms with E-state index in [4.69, 9.17) is 4.74 Å². The maximum atomic E-state index is 12.6. The molecule has 0 radical (unpaired) electrons. The Kier molecular flexibility index (Phi) is 2.77. The molecule has 122 valence electrons. The van der Waals surface area contributed by atoms with E-state index in [1.165, 1.54) is 11.1 Å². The van der Waals surface area contributed by atoms with E-state index in [9.17, 15) is 9.90 Å². The summed E-state index contributed by atoms with van der Waals surface area (Å²) in [6, 6.07) is 0. The van der Waals surface area contributed by atoms with Gasteiger partial charge in [0.25, 0.3) is 0 Å². The fraction of sp³-hybridized carbons (Fsp3) is 0.833. The van der Waals surface area contributed by atoms with Gasteiger partial charge in [0.15, 0.2) is 0 Å². The summed E-state index contributed by atoms with van der Waals surface area (Å²) in [5.74, 6) is 0.162. The third-order valence-corrected chi connectivity index (χ3v) is 7.00. The molecule has 3 aliphatic carbocycles. The van der Waals surface area contributed by atoms with Gasteiger partial charge in [0.2, 0.25) is 0 Å². The highest BCUT2D eigenvalue weighted by molar-refractivity contribution is 5.78. The van der Waals surface area contributed by atoms with Gasteiger partial charge in [-0.2, -0.15) is 0 Å². The summed E-state index contributed by atoms with van der Waals surface area (Å²) in [5, 5.41) is 11.1. The predicted molar refractivity (Wildman–Crippen MR) is 83.2 cm³/mol. The van der Waals surface area contributed by atoms with Crippen molar-refractivity contribution in [1.29, 1.82) is 0 Å². The van der Waals surface area contributed by atoms with E-state index in [1.807, 2.05) is 21.0 Å². The van der Waals surface area contributed by atoms with Gasteiger partial charge in [0.05, 0.1) is 16.9 Å². The number of hydrogen-bond donors (Lipinski definition) is 1. The second kappa shape index (κ2) is 4.15. The van der Waals surface area contributed by atoms with Crippen LogP contribution in [-0.4, -0.2) is 47.8 Å². The van der Waals surface area contributed by atoms with Crippen molar-refractivity contribution in [1.82, 2.24) is 4.90 Å². The monoisotopic (exact) mass is 305 g/mol. The fourth-order valence-electron chi connectivity index (χ4n) is 6.00. The quantitative estimate of drug-likeness (QED) is 0.627. The Labute approximate surface area is 132 Å². The summed E-state index contributed by atoms with van der Waals surface area (Å²) in [6.07, 6.45) is 4.64. The number of hydrogen-bond acceptors (Lipinski definition) is 4. The lowest BCUT2D eigenvalue weighted by Gasteiger charge is -2.32. The van der Waals surface area contributed by atoms with Crippen LogP contribution in [-0.2, 0) is 9.53 Å². The number of nitrogens with zero attached hydrogens (tertiary/aromatic N) is 1. The molecule has 4 heteroatoms. The molecular weight excluding hydrogens is 278 g/mol. The highest BCUT2D eigenvalue weighted by Crippen LogP contribution is 2.80. The zero-order chi connectivity index (χ0) is 15.9. The fourth-order valence-corrected chi connectivity index (χ4v) is 6.00. The third kappa shape index (κ3) is 1.48. The van der Waals surface area contributed by atoms with Gasteiger partial charge >= 0.3 is 5.97 Å². The molecule has 0 aromatic rings. The smallest absolute Gasteiger partial charge is 0.311 e. The topological polar surface area (TPSA) is 49.8 Å². The average Bonchev–Trinajstić information content (AvgIpc) is 2.91. The Hall–Kier alpha value is -0.870. The Morgan fingerprint density at radius 1 is 1.36 bits per heavy atom. The van der Waals surface area contributed by atoms with Crippen molar-refractivity contribution in [2.45, 2.75) is 57.2 Å². The van der Waals surface area contributed by atoms with Crippen LogP contribution in [0.4, 0.5) is 0 Å². The molecular formula is C18H27NO3. The first-order valence-corrected chi connectivity index (χ1v) is 8.54. The SMILES string of the molecule is CC1=C2CC[C@@](C)(O)[C@@]23C[C@]32OC(=O)[C@@H](CN(C)C)[C@@H]2CC1. The molecule has 1 aliphatic heterocycles. The van der Waals surface area contributed by atoms with Crippen LogP contribution in [0, 0.1) is 17.3 Å². The maximum absolute atomic E-state index is 12.6. The lowest BCUT2D eigenvalue weighted by Crippen LogP contribution is -2.41. The molecule has 2 saturated carbocycles. The van der Waals surface area contributed by atoms with Crippen LogP contribution in [0.5, 0.6) is 0 Å². The summed E-state index contributed by atoms with van der Waals surface area (Å²) in [6.45, 7) is 4.92. The summed E-state index contributed by atoms with van der Waals surface area (Å²) in [5.41, 5.74) is 1.39. The number of carbonyl (C=O) groups excluding carboxylic acids is 1. The first-order chi connectivity index (χ1) is 10.3. The summed E-state index contributed by atoms with van der Waals surface area (Å²) in [7, 11) is 4.02. The Morgan fingerprint density at radius 2 is 2.09 bits per heavy atom. The van der Waals surface area contributed by atoms with Crippen LogP contribution >= 0.6 is 0 Å². The van der Waals surface area contributed by atoms with Crippen molar-refractivity contribution in [3.63, 3.8) is 0 Å². The highest BCUT2D eigenvalue weighted by Gasteiger charge is 2.86. The van der Waals surface area contributed by atoms with Crippen LogP contribution in [0.1, 0.15) is 46.0 Å². The van der Waals surface area contributed by atoms with E-state index in [1.54, 1.807) is 0 Å². The molecule has 0 aromatic carbocycles. The van der Waals surface area contributed by atoms with E-state index >= 15 is 0 Å². The predicted octanol–water partition coefficient (Wildman–Crippen LogP) is 2.12. The average molecular weight is 305 g/mol. The summed E-state index contributed by atoms with van der Waals surface area (Å²) < 4.78 is 6.05. The molecule has 0 aromatic heterocycles. The number of allylic oxidation sites excluding steroid dienone is 1. The van der Waals surface area contributed by atoms with E-state index in [0.717, 1.165) is 38.6 Å². The standard InChI is InChI=1S/C18H27NO3/c1-11-5-6-14-12(9-19(3)4)15(20)22-18(14)10-17(18)13(11)7-8-16(17,2)21/h12,14,21H,5-10H2,1-4H3/t12-,14-,16+,17+,18+/m0/s1. The van der Waals surface area contributed by atoms with Gasteiger partial charge in [-0.3, -0.25) is 4.79 Å². The molecule has 4 rings (SSSR count). The minimum absolute atomic E-state index is 0.0436. The molecule has 1 heterocycles. The third-order valence-electron chi connectivity index (χ3n) is 7.00. The molecule has 22 heavy (non-hydrogen) atoms. The molecule has 5 atom stereocenters. The van der Waals surface area contributed by atoms with Gasteiger partial charge in [-0.1, -0.05) is 11.1 Å². The minimum atomic E-state index is -0.737. The van der Waals surface area contributed by atoms with Crippen LogP contribution in [0.15, 0.2) is 11.1 Å². The molecule has 0 amide bonds. The van der Waals surface area contributed by atoms with Gasteiger partial charge in [-0.05, 0) is 53.6 Å². The highest BCUT2D eigenvalue weighted by atomic mass is 16.6. The van der Waals surface area contributed by atoms with Crippen molar-refractivity contribution in [2.24, 2.45) is 17.3 Å². The zero-order valence-corrected chi connectivity index (χ0v) is 14.1. The first-order valence-electron chi connectivity index (χ1n) is 8.54. The van der Waals surface area contributed by atoms with E-state index < -0.39 is 11.2 Å². The van der Waals surface area contributed by atoms with Gasteiger partial charge in [0.1, 0.15) is 5.60 Å². The number of rotatable bonds is 2. The molecule has 1 saturated heterocycles. The van der Waals surface area contributed by atoms with Crippen molar-refractivity contribution in [3.8, 4) is 0 Å². The normalized spacial score (nSPS) is 49.6. The number of esters is 1. The Bertz CT molecular complexity index is 579.